The van der Waals surface area contributed by atoms with Crippen molar-refractivity contribution >= 4 is 0 Å². The molecular formula is C10H11O. The molecule has 0 spiro atoms. The smallest absolute Gasteiger partial charge is 0.173 e. The summed E-state index contributed by atoms with van der Waals surface area (Å²) < 4.78 is 4.21. The molecule has 0 saturated heterocycles. The van der Waals surface area contributed by atoms with Gasteiger partial charge in [0.2, 0.25) is 0 Å². The van der Waals surface area contributed by atoms with Crippen molar-refractivity contribution in [3.05, 3.63) is 43.0 Å². The fraction of sp³-hybridized carbons (Fsp3) is 0.300. The highest BCUT2D eigenvalue weighted by molar-refractivity contribution is 5.14. The predicted molar refractivity (Wildman–Crippen MR) is 44.0 cm³/mol. The fourth-order valence-electron chi connectivity index (χ4n) is 0.993. The minimum atomic E-state index is 0.523. The second-order valence-electron chi connectivity index (χ2n) is 2.44. The molecule has 1 aromatic rings. The minimum absolute atomic E-state index is 0.523. The first-order valence-corrected chi connectivity index (χ1v) is 3.76. The summed E-state index contributed by atoms with van der Waals surface area (Å²) in [7, 11) is 6.47. The Morgan fingerprint density at radius 3 is 2.55 bits per heavy atom. The van der Waals surface area contributed by atoms with E-state index < -0.39 is 0 Å². The summed E-state index contributed by atoms with van der Waals surface area (Å²) in [6.07, 6.45) is 1.92. The summed E-state index contributed by atoms with van der Waals surface area (Å²) in [5.74, 6) is 0. The number of hydrogen-bond donors (Lipinski definition) is 0. The number of benzene rings is 1. The van der Waals surface area contributed by atoms with Crippen LogP contribution in [0.3, 0.4) is 0 Å². The van der Waals surface area contributed by atoms with Gasteiger partial charge in [0.25, 0.3) is 0 Å². The van der Waals surface area contributed by atoms with E-state index in [-0.39, 0.29) is 0 Å². The third-order valence-electron chi connectivity index (χ3n) is 1.55. The lowest BCUT2D eigenvalue weighted by Crippen LogP contribution is -1.90. The minimum Gasteiger partial charge on any atom is -0.365 e. The zero-order valence-electron chi connectivity index (χ0n) is 6.42. The third kappa shape index (κ3) is 3.19. The number of hydrogen-bond acceptors (Lipinski definition) is 1. The largest absolute Gasteiger partial charge is 0.365 e. The normalized spacial score (nSPS) is 9.91. The van der Waals surface area contributed by atoms with E-state index in [2.05, 4.69) is 16.9 Å². The van der Waals surface area contributed by atoms with Crippen LogP contribution in [0, 0.1) is 7.11 Å². The van der Waals surface area contributed by atoms with Crippen LogP contribution in [-0.4, -0.2) is 6.61 Å². The second kappa shape index (κ2) is 4.91. The first-order chi connectivity index (χ1) is 5.43. The monoisotopic (exact) mass is 147 g/mol. The van der Waals surface area contributed by atoms with E-state index in [0.29, 0.717) is 6.61 Å². The van der Waals surface area contributed by atoms with Gasteiger partial charge in [0.05, 0.1) is 0 Å². The van der Waals surface area contributed by atoms with Gasteiger partial charge < -0.3 is 4.74 Å². The van der Waals surface area contributed by atoms with Gasteiger partial charge in [0.15, 0.2) is 7.11 Å². The third-order valence-corrected chi connectivity index (χ3v) is 1.55. The molecule has 0 atom stereocenters. The zero-order valence-corrected chi connectivity index (χ0v) is 6.42. The zero-order chi connectivity index (χ0) is 7.94. The molecule has 0 unspecified atom stereocenters. The topological polar surface area (TPSA) is 9.23 Å². The van der Waals surface area contributed by atoms with Crippen LogP contribution >= 0.6 is 0 Å². The Morgan fingerprint density at radius 1 is 1.18 bits per heavy atom. The lowest BCUT2D eigenvalue weighted by Gasteiger charge is -1.98. The van der Waals surface area contributed by atoms with Gasteiger partial charge in [-0.05, 0) is 18.4 Å². The lowest BCUT2D eigenvalue weighted by atomic mass is 10.1. The number of aryl methyl sites for hydroxylation is 1. The van der Waals surface area contributed by atoms with Crippen LogP contribution in [0.1, 0.15) is 12.0 Å². The molecule has 0 aromatic heterocycles. The Bertz CT molecular complexity index is 181. The first-order valence-electron chi connectivity index (χ1n) is 3.76. The molecule has 3 radical (unpaired) electrons. The molecule has 0 aliphatic heterocycles. The van der Waals surface area contributed by atoms with E-state index in [0.717, 1.165) is 12.8 Å². The van der Waals surface area contributed by atoms with Gasteiger partial charge >= 0.3 is 0 Å². The molecule has 0 aliphatic rings. The quantitative estimate of drug-likeness (QED) is 0.593. The Labute approximate surface area is 68.0 Å². The molecular weight excluding hydrogens is 136 g/mol. The maximum absolute atomic E-state index is 6.47. The highest BCUT2D eigenvalue weighted by atomic mass is 16.5. The summed E-state index contributed by atoms with van der Waals surface area (Å²) in [5.41, 5.74) is 1.31. The average molecular weight is 147 g/mol. The van der Waals surface area contributed by atoms with Crippen molar-refractivity contribution in [1.82, 2.24) is 0 Å². The van der Waals surface area contributed by atoms with Gasteiger partial charge in [-0.25, -0.2) is 0 Å². The lowest BCUT2D eigenvalue weighted by molar-refractivity contribution is 0.238. The Balaban J connectivity index is 2.28. The average Bonchev–Trinajstić information content (AvgIpc) is 2.07. The fourth-order valence-corrected chi connectivity index (χ4v) is 0.993. The highest BCUT2D eigenvalue weighted by Crippen LogP contribution is 2.01. The molecule has 0 heterocycles. The highest BCUT2D eigenvalue weighted by Gasteiger charge is 1.89. The molecule has 0 aliphatic carbocycles. The number of rotatable bonds is 4. The Morgan fingerprint density at radius 2 is 1.91 bits per heavy atom. The van der Waals surface area contributed by atoms with Gasteiger partial charge in [-0.2, -0.15) is 0 Å². The van der Waals surface area contributed by atoms with E-state index in [4.69, 9.17) is 7.11 Å². The van der Waals surface area contributed by atoms with Gasteiger partial charge in [-0.3, -0.25) is 0 Å². The van der Waals surface area contributed by atoms with Crippen molar-refractivity contribution in [3.63, 3.8) is 0 Å². The Kier molecular flexibility index (Phi) is 3.70. The van der Waals surface area contributed by atoms with E-state index in [9.17, 15) is 0 Å². The summed E-state index contributed by atoms with van der Waals surface area (Å²) in [4.78, 5) is 0. The predicted octanol–water partition coefficient (Wildman–Crippen LogP) is 2.18. The van der Waals surface area contributed by atoms with Crippen LogP contribution in [0.25, 0.3) is 0 Å². The molecule has 1 rings (SSSR count). The summed E-state index contributed by atoms with van der Waals surface area (Å²) in [6.45, 7) is 0.523. The number of ether oxygens (including phenoxy) is 1. The summed E-state index contributed by atoms with van der Waals surface area (Å²) in [5, 5.41) is 0. The van der Waals surface area contributed by atoms with Crippen LogP contribution < -0.4 is 0 Å². The SMILES string of the molecule is [C]OCCCc1ccccc1. The maximum atomic E-state index is 6.47. The van der Waals surface area contributed by atoms with Crippen molar-refractivity contribution in [3.8, 4) is 0 Å². The van der Waals surface area contributed by atoms with E-state index in [1.165, 1.54) is 5.56 Å². The summed E-state index contributed by atoms with van der Waals surface area (Å²) in [6, 6.07) is 10.2. The van der Waals surface area contributed by atoms with E-state index >= 15 is 0 Å². The van der Waals surface area contributed by atoms with Crippen molar-refractivity contribution in [2.24, 2.45) is 0 Å². The van der Waals surface area contributed by atoms with Crippen molar-refractivity contribution in [1.29, 1.82) is 0 Å². The van der Waals surface area contributed by atoms with Crippen molar-refractivity contribution in [2.75, 3.05) is 6.61 Å². The molecule has 0 amide bonds. The van der Waals surface area contributed by atoms with E-state index in [1.807, 2.05) is 18.2 Å². The molecule has 0 fully saturated rings. The van der Waals surface area contributed by atoms with Gasteiger partial charge in [0.1, 0.15) is 0 Å². The van der Waals surface area contributed by atoms with Gasteiger partial charge in [0, 0.05) is 6.61 Å². The van der Waals surface area contributed by atoms with Crippen LogP contribution in [0.5, 0.6) is 0 Å². The molecule has 0 N–H and O–H groups in total. The first kappa shape index (κ1) is 8.28. The summed E-state index contributed by atoms with van der Waals surface area (Å²) >= 11 is 0. The molecule has 11 heavy (non-hydrogen) atoms. The standard InChI is InChI=1S/C10H11O/c1-11-9-5-8-10-6-3-2-4-7-10/h2-4,6-7H,5,8-9H2. The maximum Gasteiger partial charge on any atom is 0.173 e. The van der Waals surface area contributed by atoms with Gasteiger partial charge in [-0.15, -0.1) is 0 Å². The molecule has 1 heteroatoms. The van der Waals surface area contributed by atoms with Crippen LogP contribution in [0.15, 0.2) is 30.3 Å². The second-order valence-corrected chi connectivity index (χ2v) is 2.44. The molecule has 1 aromatic carbocycles. The van der Waals surface area contributed by atoms with Crippen LogP contribution in [-0.2, 0) is 11.2 Å². The Hall–Kier alpha value is -0.820. The van der Waals surface area contributed by atoms with Crippen LogP contribution in [0.4, 0.5) is 0 Å². The molecule has 57 valence electrons. The molecule has 1 nitrogen and oxygen atoms in total. The molecule has 0 bridgehead atoms. The van der Waals surface area contributed by atoms with Crippen molar-refractivity contribution < 1.29 is 4.74 Å². The van der Waals surface area contributed by atoms with E-state index in [1.54, 1.807) is 0 Å². The van der Waals surface area contributed by atoms with Crippen molar-refractivity contribution in [2.45, 2.75) is 12.8 Å². The van der Waals surface area contributed by atoms with Gasteiger partial charge in [-0.1, -0.05) is 30.3 Å². The molecule has 0 saturated carbocycles. The van der Waals surface area contributed by atoms with Crippen LogP contribution in [0.2, 0.25) is 0 Å².